The van der Waals surface area contributed by atoms with Crippen molar-refractivity contribution >= 4 is 40.0 Å². The summed E-state index contributed by atoms with van der Waals surface area (Å²) in [5, 5.41) is 25.4. The number of hydrogen-bond acceptors (Lipinski definition) is 8. The smallest absolute Gasteiger partial charge is 0.278 e. The highest BCUT2D eigenvalue weighted by Gasteiger charge is 2.34. The average Bonchev–Trinajstić information content (AvgIpc) is 3.46. The van der Waals surface area contributed by atoms with Gasteiger partial charge in [0.1, 0.15) is 0 Å². The van der Waals surface area contributed by atoms with Gasteiger partial charge in [-0.15, -0.1) is 16.4 Å². The summed E-state index contributed by atoms with van der Waals surface area (Å²) in [6, 6.07) is 7.28. The second kappa shape index (κ2) is 9.41. The molecule has 4 aromatic rings. The SMILES string of the molecule is Cc1ncc(NC(=O)CN2CC(C)(C)C2)cc1NC(=O)c1nnn2cc(-c3ccsc3CO)ccc12. The van der Waals surface area contributed by atoms with E-state index in [4.69, 9.17) is 0 Å². The predicted molar refractivity (Wildman–Crippen MR) is 138 cm³/mol. The number of carbonyl (C=O) groups excluding carboxylic acids is 2. The van der Waals surface area contributed by atoms with Gasteiger partial charge in [-0.05, 0) is 41.5 Å². The quantitative estimate of drug-likeness (QED) is 0.352. The van der Waals surface area contributed by atoms with E-state index in [2.05, 4.69) is 44.7 Å². The fraction of sp³-hybridized carbons (Fsp3) is 0.320. The van der Waals surface area contributed by atoms with Crippen LogP contribution in [0.15, 0.2) is 42.0 Å². The van der Waals surface area contributed by atoms with Crippen LogP contribution in [0.3, 0.4) is 0 Å². The molecule has 10 nitrogen and oxygen atoms in total. The lowest BCUT2D eigenvalue weighted by Gasteiger charge is -2.45. The van der Waals surface area contributed by atoms with Gasteiger partial charge in [-0.1, -0.05) is 25.1 Å². The van der Waals surface area contributed by atoms with Crippen molar-refractivity contribution in [3.8, 4) is 11.1 Å². The molecule has 1 aliphatic heterocycles. The summed E-state index contributed by atoms with van der Waals surface area (Å²) in [4.78, 5) is 32.8. The fourth-order valence-electron chi connectivity index (χ4n) is 4.53. The van der Waals surface area contributed by atoms with E-state index in [9.17, 15) is 14.7 Å². The number of aryl methyl sites for hydroxylation is 1. The molecule has 1 aliphatic rings. The van der Waals surface area contributed by atoms with Gasteiger partial charge in [-0.25, -0.2) is 4.52 Å². The lowest BCUT2D eigenvalue weighted by molar-refractivity contribution is -0.120. The molecule has 0 saturated carbocycles. The number of aromatic nitrogens is 4. The summed E-state index contributed by atoms with van der Waals surface area (Å²) in [5.74, 6) is -0.552. The standard InChI is InChI=1S/C25H27N7O3S/c1-15-19(8-17(9-26-15)27-22(34)11-31-13-25(2,3)14-31)28-24(35)23-20-5-4-16(10-32(20)30-29-23)18-6-7-36-21(18)12-33/h4-10,33H,11-14H2,1-3H3,(H,27,34)(H,28,35). The Morgan fingerprint density at radius 3 is 2.75 bits per heavy atom. The summed E-state index contributed by atoms with van der Waals surface area (Å²) in [6.45, 7) is 8.18. The van der Waals surface area contributed by atoms with Crippen molar-refractivity contribution in [1.29, 1.82) is 0 Å². The maximum atomic E-state index is 13.1. The minimum Gasteiger partial charge on any atom is -0.391 e. The van der Waals surface area contributed by atoms with E-state index in [0.29, 0.717) is 29.1 Å². The molecule has 0 unspecified atom stereocenters. The number of nitrogens with zero attached hydrogens (tertiary/aromatic N) is 5. The van der Waals surface area contributed by atoms with Gasteiger partial charge in [0.05, 0.1) is 41.9 Å². The van der Waals surface area contributed by atoms with Crippen LogP contribution in [0, 0.1) is 12.3 Å². The molecule has 186 valence electrons. The number of fused-ring (bicyclic) bond motifs is 1. The Kier molecular flexibility index (Phi) is 6.29. The zero-order chi connectivity index (χ0) is 25.4. The van der Waals surface area contributed by atoms with Crippen LogP contribution in [0.1, 0.15) is 34.9 Å². The topological polar surface area (TPSA) is 125 Å². The highest BCUT2D eigenvalue weighted by molar-refractivity contribution is 7.10. The normalized spacial score (nSPS) is 15.0. The van der Waals surface area contributed by atoms with Crippen molar-refractivity contribution in [2.75, 3.05) is 30.3 Å². The van der Waals surface area contributed by atoms with Gasteiger partial charge in [0.15, 0.2) is 5.69 Å². The van der Waals surface area contributed by atoms with Gasteiger partial charge in [0, 0.05) is 29.7 Å². The molecule has 11 heteroatoms. The first kappa shape index (κ1) is 24.0. The van der Waals surface area contributed by atoms with Gasteiger partial charge < -0.3 is 15.7 Å². The molecule has 0 bridgehead atoms. The lowest BCUT2D eigenvalue weighted by Crippen LogP contribution is -2.54. The highest BCUT2D eigenvalue weighted by atomic mass is 32.1. The Hall–Kier alpha value is -3.67. The van der Waals surface area contributed by atoms with Crippen LogP contribution >= 0.6 is 11.3 Å². The van der Waals surface area contributed by atoms with Gasteiger partial charge in [-0.2, -0.15) is 0 Å². The minimum atomic E-state index is -0.430. The number of anilines is 2. The molecule has 2 amide bonds. The number of aliphatic hydroxyl groups is 1. The second-order valence-electron chi connectivity index (χ2n) is 9.77. The summed E-state index contributed by atoms with van der Waals surface area (Å²) in [5.41, 5.74) is 4.36. The molecule has 3 N–H and O–H groups in total. The number of carbonyl (C=O) groups is 2. The first-order valence-electron chi connectivity index (χ1n) is 11.6. The van der Waals surface area contributed by atoms with Crippen molar-refractivity contribution in [2.24, 2.45) is 5.41 Å². The molecule has 0 radical (unpaired) electrons. The molecule has 0 atom stereocenters. The van der Waals surface area contributed by atoms with Crippen molar-refractivity contribution in [3.63, 3.8) is 0 Å². The minimum absolute atomic E-state index is 0.0423. The van der Waals surface area contributed by atoms with Crippen LogP contribution in [-0.4, -0.2) is 61.3 Å². The molecule has 1 fully saturated rings. The third-order valence-corrected chi connectivity index (χ3v) is 7.02. The molecule has 0 aromatic carbocycles. The summed E-state index contributed by atoms with van der Waals surface area (Å²) >= 11 is 1.48. The van der Waals surface area contributed by atoms with E-state index < -0.39 is 5.91 Å². The van der Waals surface area contributed by atoms with Gasteiger partial charge >= 0.3 is 0 Å². The van der Waals surface area contributed by atoms with E-state index in [-0.39, 0.29) is 23.6 Å². The molecule has 0 aliphatic carbocycles. The highest BCUT2D eigenvalue weighted by Crippen LogP contribution is 2.30. The number of thiophene rings is 1. The predicted octanol–water partition coefficient (Wildman–Crippen LogP) is 3.19. The van der Waals surface area contributed by atoms with Crippen LogP contribution in [0.4, 0.5) is 11.4 Å². The summed E-state index contributed by atoms with van der Waals surface area (Å²) in [7, 11) is 0. The Bertz CT molecular complexity index is 1450. The van der Waals surface area contributed by atoms with E-state index in [1.54, 1.807) is 36.0 Å². The van der Waals surface area contributed by atoms with E-state index in [0.717, 1.165) is 29.1 Å². The van der Waals surface area contributed by atoms with E-state index in [1.807, 2.05) is 17.5 Å². The molecule has 36 heavy (non-hydrogen) atoms. The zero-order valence-corrected chi connectivity index (χ0v) is 21.1. The monoisotopic (exact) mass is 505 g/mol. The molecule has 0 spiro atoms. The number of pyridine rings is 2. The van der Waals surface area contributed by atoms with E-state index >= 15 is 0 Å². The molecular weight excluding hydrogens is 478 g/mol. The van der Waals surface area contributed by atoms with Crippen LogP contribution in [0.2, 0.25) is 0 Å². The maximum Gasteiger partial charge on any atom is 0.278 e. The van der Waals surface area contributed by atoms with Gasteiger partial charge in [-0.3, -0.25) is 19.5 Å². The maximum absolute atomic E-state index is 13.1. The zero-order valence-electron chi connectivity index (χ0n) is 20.3. The molecular formula is C25H27N7O3S. The average molecular weight is 506 g/mol. The van der Waals surface area contributed by atoms with Gasteiger partial charge in [0.2, 0.25) is 5.91 Å². The second-order valence-corrected chi connectivity index (χ2v) is 10.8. The molecule has 4 aromatic heterocycles. The number of likely N-dealkylation sites (tertiary alicyclic amines) is 1. The molecule has 5 heterocycles. The van der Waals surface area contributed by atoms with Crippen molar-refractivity contribution in [1.82, 2.24) is 24.7 Å². The summed E-state index contributed by atoms with van der Waals surface area (Å²) in [6.07, 6.45) is 3.35. The van der Waals surface area contributed by atoms with Crippen LogP contribution < -0.4 is 10.6 Å². The van der Waals surface area contributed by atoms with Crippen molar-refractivity contribution in [2.45, 2.75) is 27.4 Å². The van der Waals surface area contributed by atoms with Gasteiger partial charge in [0.25, 0.3) is 5.91 Å². The van der Waals surface area contributed by atoms with Crippen LogP contribution in [0.5, 0.6) is 0 Å². The number of hydrogen-bond donors (Lipinski definition) is 3. The Morgan fingerprint density at radius 2 is 2.00 bits per heavy atom. The Morgan fingerprint density at radius 1 is 1.19 bits per heavy atom. The van der Waals surface area contributed by atoms with Crippen molar-refractivity contribution < 1.29 is 14.7 Å². The van der Waals surface area contributed by atoms with Crippen molar-refractivity contribution in [3.05, 3.63) is 58.3 Å². The fourth-order valence-corrected chi connectivity index (χ4v) is 5.28. The van der Waals surface area contributed by atoms with E-state index in [1.165, 1.54) is 11.3 Å². The number of amides is 2. The largest absolute Gasteiger partial charge is 0.391 e. The molecule has 5 rings (SSSR count). The summed E-state index contributed by atoms with van der Waals surface area (Å²) < 4.78 is 1.54. The number of aliphatic hydroxyl groups excluding tert-OH is 1. The van der Waals surface area contributed by atoms with Crippen LogP contribution in [-0.2, 0) is 11.4 Å². The Labute approximate surface area is 212 Å². The third kappa shape index (κ3) is 4.85. The third-order valence-electron chi connectivity index (χ3n) is 6.12. The van der Waals surface area contributed by atoms with Crippen LogP contribution in [0.25, 0.3) is 16.6 Å². The number of rotatable bonds is 7. The Balaban J connectivity index is 1.30. The molecule has 1 saturated heterocycles. The first-order valence-corrected chi connectivity index (χ1v) is 12.4. The number of nitrogens with one attached hydrogen (secondary N) is 2. The first-order chi connectivity index (χ1) is 17.2. The lowest BCUT2D eigenvalue weighted by atomic mass is 9.84.